The molecule has 136 valence electrons. The number of nitrogens with zero attached hydrogens (tertiary/aromatic N) is 1. The van der Waals surface area contributed by atoms with Crippen LogP contribution in [0.2, 0.25) is 0 Å². The highest BCUT2D eigenvalue weighted by Crippen LogP contribution is 2.21. The summed E-state index contributed by atoms with van der Waals surface area (Å²) in [6.45, 7) is 3.40. The number of piperidine rings is 1. The van der Waals surface area contributed by atoms with Crippen molar-refractivity contribution in [2.75, 3.05) is 18.4 Å². The zero-order chi connectivity index (χ0) is 17.6. The lowest BCUT2D eigenvalue weighted by Crippen LogP contribution is -2.50. The van der Waals surface area contributed by atoms with E-state index >= 15 is 0 Å². The van der Waals surface area contributed by atoms with Crippen LogP contribution in [0.15, 0.2) is 30.3 Å². The van der Waals surface area contributed by atoms with Crippen molar-refractivity contribution in [2.45, 2.75) is 51.1 Å². The molecule has 6 heteroatoms. The molecule has 2 saturated heterocycles. The van der Waals surface area contributed by atoms with Gasteiger partial charge in [0.25, 0.3) is 0 Å². The van der Waals surface area contributed by atoms with Crippen LogP contribution in [-0.4, -0.2) is 41.9 Å². The minimum Gasteiger partial charge on any atom is -0.341 e. The lowest BCUT2D eigenvalue weighted by Gasteiger charge is -2.33. The summed E-state index contributed by atoms with van der Waals surface area (Å²) >= 11 is 0. The van der Waals surface area contributed by atoms with Gasteiger partial charge in [-0.15, -0.1) is 0 Å². The van der Waals surface area contributed by atoms with Gasteiger partial charge in [-0.05, 0) is 37.8 Å². The fourth-order valence-electron chi connectivity index (χ4n) is 3.70. The Morgan fingerprint density at radius 1 is 1.24 bits per heavy atom. The van der Waals surface area contributed by atoms with Crippen molar-refractivity contribution in [3.05, 3.63) is 30.3 Å². The van der Waals surface area contributed by atoms with Crippen molar-refractivity contribution in [1.29, 1.82) is 0 Å². The van der Waals surface area contributed by atoms with Gasteiger partial charge in [0.2, 0.25) is 11.8 Å². The van der Waals surface area contributed by atoms with Gasteiger partial charge in [-0.25, -0.2) is 5.43 Å². The average Bonchev–Trinajstić information content (AvgIpc) is 3.11. The number of benzene rings is 1. The predicted molar refractivity (Wildman–Crippen MR) is 97.7 cm³/mol. The van der Waals surface area contributed by atoms with E-state index < -0.39 is 0 Å². The van der Waals surface area contributed by atoms with E-state index in [4.69, 9.17) is 0 Å². The van der Waals surface area contributed by atoms with Crippen LogP contribution in [0.25, 0.3) is 0 Å². The zero-order valence-corrected chi connectivity index (χ0v) is 14.8. The second kappa shape index (κ2) is 8.45. The van der Waals surface area contributed by atoms with Gasteiger partial charge in [0.05, 0.1) is 5.92 Å². The third kappa shape index (κ3) is 4.58. The molecular weight excluding hydrogens is 316 g/mol. The third-order valence-electron chi connectivity index (χ3n) is 5.06. The molecule has 2 aliphatic rings. The summed E-state index contributed by atoms with van der Waals surface area (Å²) < 4.78 is 0. The molecule has 2 amide bonds. The van der Waals surface area contributed by atoms with E-state index in [1.54, 1.807) is 0 Å². The Morgan fingerprint density at radius 3 is 2.80 bits per heavy atom. The van der Waals surface area contributed by atoms with Gasteiger partial charge in [0, 0.05) is 24.8 Å². The van der Waals surface area contributed by atoms with E-state index in [9.17, 15) is 9.59 Å². The summed E-state index contributed by atoms with van der Waals surface area (Å²) in [7, 11) is 0. The van der Waals surface area contributed by atoms with Crippen LogP contribution in [-0.2, 0) is 9.59 Å². The van der Waals surface area contributed by atoms with Crippen molar-refractivity contribution < 1.29 is 9.59 Å². The molecule has 3 rings (SSSR count). The van der Waals surface area contributed by atoms with E-state index in [1.165, 1.54) is 0 Å². The molecule has 2 fully saturated rings. The number of para-hydroxylation sites is 1. The predicted octanol–water partition coefficient (Wildman–Crippen LogP) is 1.90. The Kier molecular flexibility index (Phi) is 6.04. The number of hydrazine groups is 1. The van der Waals surface area contributed by atoms with Gasteiger partial charge in [0.1, 0.15) is 6.04 Å². The van der Waals surface area contributed by atoms with Crippen LogP contribution < -0.4 is 16.2 Å². The zero-order valence-electron chi connectivity index (χ0n) is 14.8. The molecule has 3 N–H and O–H groups in total. The van der Waals surface area contributed by atoms with E-state index in [2.05, 4.69) is 23.1 Å². The summed E-state index contributed by atoms with van der Waals surface area (Å²) in [5.41, 5.74) is 7.15. The Bertz CT molecular complexity index is 592. The van der Waals surface area contributed by atoms with Crippen LogP contribution in [0.1, 0.15) is 39.0 Å². The fourth-order valence-corrected chi connectivity index (χ4v) is 3.70. The number of carbonyl (C=O) groups excluding carboxylic acids is 2. The second-order valence-electron chi connectivity index (χ2n) is 7.04. The molecule has 0 spiro atoms. The number of carbonyl (C=O) groups is 2. The number of likely N-dealkylation sites (tertiary alicyclic amines) is 1. The lowest BCUT2D eigenvalue weighted by molar-refractivity contribution is -0.136. The monoisotopic (exact) mass is 344 g/mol. The smallest absolute Gasteiger partial charge is 0.241 e. The van der Waals surface area contributed by atoms with Crippen molar-refractivity contribution >= 4 is 17.5 Å². The average molecular weight is 344 g/mol. The summed E-state index contributed by atoms with van der Waals surface area (Å²) in [4.78, 5) is 27.1. The van der Waals surface area contributed by atoms with E-state index in [1.807, 2.05) is 35.2 Å². The summed E-state index contributed by atoms with van der Waals surface area (Å²) in [5, 5.41) is 2.96. The highest BCUT2D eigenvalue weighted by atomic mass is 16.2. The quantitative estimate of drug-likeness (QED) is 0.763. The number of rotatable bonds is 5. The van der Waals surface area contributed by atoms with Gasteiger partial charge in [-0.2, -0.15) is 0 Å². The maximum Gasteiger partial charge on any atom is 0.241 e. The molecule has 0 aromatic heterocycles. The molecule has 1 aromatic rings. The third-order valence-corrected chi connectivity index (χ3v) is 5.06. The van der Waals surface area contributed by atoms with Crippen molar-refractivity contribution in [1.82, 2.24) is 15.8 Å². The Balaban J connectivity index is 1.54. The fraction of sp³-hybridized carbons (Fsp3) is 0.579. The van der Waals surface area contributed by atoms with Crippen LogP contribution in [0.4, 0.5) is 5.69 Å². The Hall–Kier alpha value is -1.92. The van der Waals surface area contributed by atoms with Crippen LogP contribution in [0, 0.1) is 5.92 Å². The maximum atomic E-state index is 12.8. The first kappa shape index (κ1) is 17.9. The number of anilines is 1. The largest absolute Gasteiger partial charge is 0.341 e. The first-order chi connectivity index (χ1) is 12.2. The number of hydrogen-bond donors (Lipinski definition) is 3. The molecule has 3 unspecified atom stereocenters. The number of hydrogen-bond acceptors (Lipinski definition) is 4. The van der Waals surface area contributed by atoms with Gasteiger partial charge in [0.15, 0.2) is 0 Å². The van der Waals surface area contributed by atoms with Gasteiger partial charge in [-0.1, -0.05) is 31.5 Å². The number of amides is 2. The van der Waals surface area contributed by atoms with E-state index in [0.29, 0.717) is 12.6 Å². The SMILES string of the molecule is CCCC1CC(C(=O)N2CCCC(C(=O)Nc3ccccc3)C2)NN1. The van der Waals surface area contributed by atoms with Crippen LogP contribution in [0.3, 0.4) is 0 Å². The molecule has 0 bridgehead atoms. The molecule has 0 radical (unpaired) electrons. The topological polar surface area (TPSA) is 73.5 Å². The first-order valence-corrected chi connectivity index (χ1v) is 9.33. The lowest BCUT2D eigenvalue weighted by atomic mass is 9.95. The normalized spacial score (nSPS) is 26.4. The summed E-state index contributed by atoms with van der Waals surface area (Å²) in [6, 6.07) is 9.67. The molecular formula is C19H28N4O2. The minimum absolute atomic E-state index is 0.00469. The second-order valence-corrected chi connectivity index (χ2v) is 7.04. The molecule has 0 aliphatic carbocycles. The van der Waals surface area contributed by atoms with E-state index in [-0.39, 0.29) is 23.8 Å². The standard InChI is InChI=1S/C19H28N4O2/c1-2-7-16-12-17(22-21-16)19(25)23-11-6-8-14(13-23)18(24)20-15-9-4-3-5-10-15/h3-5,9-10,14,16-17,21-22H,2,6-8,11-13H2,1H3,(H,20,24). The number of nitrogens with one attached hydrogen (secondary N) is 3. The van der Waals surface area contributed by atoms with Crippen LogP contribution in [0.5, 0.6) is 0 Å². The van der Waals surface area contributed by atoms with Crippen molar-refractivity contribution in [2.24, 2.45) is 5.92 Å². The molecule has 2 aliphatic heterocycles. The van der Waals surface area contributed by atoms with Gasteiger partial charge >= 0.3 is 0 Å². The van der Waals surface area contributed by atoms with Gasteiger partial charge in [-0.3, -0.25) is 15.0 Å². The molecule has 25 heavy (non-hydrogen) atoms. The Morgan fingerprint density at radius 2 is 2.04 bits per heavy atom. The Labute approximate surface area is 149 Å². The molecule has 6 nitrogen and oxygen atoms in total. The highest BCUT2D eigenvalue weighted by Gasteiger charge is 2.35. The molecule has 1 aromatic carbocycles. The van der Waals surface area contributed by atoms with Crippen molar-refractivity contribution in [3.8, 4) is 0 Å². The summed E-state index contributed by atoms with van der Waals surface area (Å²) in [6.07, 6.45) is 4.70. The molecule has 0 saturated carbocycles. The molecule has 2 heterocycles. The maximum absolute atomic E-state index is 12.8. The van der Waals surface area contributed by atoms with Gasteiger partial charge < -0.3 is 10.2 Å². The van der Waals surface area contributed by atoms with Crippen molar-refractivity contribution in [3.63, 3.8) is 0 Å². The highest BCUT2D eigenvalue weighted by molar-refractivity contribution is 5.93. The van der Waals surface area contributed by atoms with Crippen LogP contribution >= 0.6 is 0 Å². The molecule has 3 atom stereocenters. The minimum atomic E-state index is -0.174. The summed E-state index contributed by atoms with van der Waals surface area (Å²) in [5.74, 6) is -0.0212. The first-order valence-electron chi connectivity index (χ1n) is 9.33. The van der Waals surface area contributed by atoms with E-state index in [0.717, 1.165) is 44.3 Å².